The zero-order valence-corrected chi connectivity index (χ0v) is 13.5. The number of rotatable bonds is 4. The van der Waals surface area contributed by atoms with Gasteiger partial charge in [0, 0.05) is 24.7 Å². The van der Waals surface area contributed by atoms with Crippen LogP contribution in [0.1, 0.15) is 18.4 Å². The second-order valence-corrected chi connectivity index (χ2v) is 7.73. The fraction of sp³-hybridized carbons (Fsp3) is 0.538. The summed E-state index contributed by atoms with van der Waals surface area (Å²) < 4.78 is 32.7. The van der Waals surface area contributed by atoms with Gasteiger partial charge in [-0.25, -0.2) is 8.42 Å². The molecule has 0 radical (unpaired) electrons. The third-order valence-corrected chi connectivity index (χ3v) is 6.03. The monoisotopic (exact) mass is 347 g/mol. The first-order valence-electron chi connectivity index (χ1n) is 6.25. The minimum Gasteiger partial charge on any atom is -0.377 e. The first-order valence-corrected chi connectivity index (χ1v) is 8.48. The maximum Gasteiger partial charge on any atom is 0.242 e. The molecular weight excluding hydrogens is 330 g/mol. The summed E-state index contributed by atoms with van der Waals surface area (Å²) in [5.41, 5.74) is 0.909. The lowest BCUT2D eigenvalue weighted by atomic mass is 10.2. The van der Waals surface area contributed by atoms with Gasteiger partial charge in [0.1, 0.15) is 0 Å². The van der Waals surface area contributed by atoms with E-state index in [1.54, 1.807) is 25.2 Å². The van der Waals surface area contributed by atoms with E-state index < -0.39 is 10.0 Å². The first-order chi connectivity index (χ1) is 8.91. The number of halogens is 1. The summed E-state index contributed by atoms with van der Waals surface area (Å²) in [5, 5.41) is 0. The molecule has 19 heavy (non-hydrogen) atoms. The lowest BCUT2D eigenvalue weighted by molar-refractivity contribution is 0.0979. The van der Waals surface area contributed by atoms with Crippen molar-refractivity contribution in [3.8, 4) is 0 Å². The number of benzene rings is 1. The fourth-order valence-corrected chi connectivity index (χ4v) is 3.67. The number of hydrogen-bond acceptors (Lipinski definition) is 3. The summed E-state index contributed by atoms with van der Waals surface area (Å²) in [6, 6.07) is 5.08. The molecule has 0 aliphatic carbocycles. The predicted octanol–water partition coefficient (Wildman–Crippen LogP) is 2.56. The van der Waals surface area contributed by atoms with E-state index >= 15 is 0 Å². The first kappa shape index (κ1) is 15.0. The molecule has 1 saturated heterocycles. The minimum atomic E-state index is -3.43. The van der Waals surface area contributed by atoms with Gasteiger partial charge in [-0.2, -0.15) is 4.31 Å². The van der Waals surface area contributed by atoms with Crippen LogP contribution in [-0.4, -0.2) is 39.0 Å². The zero-order chi connectivity index (χ0) is 14.0. The molecular formula is C13H18BrNO3S. The van der Waals surface area contributed by atoms with Gasteiger partial charge in [0.15, 0.2) is 0 Å². The standard InChI is InChI=1S/C13H18BrNO3S/c1-10-8-12(5-6-13(10)14)19(16,17)15(2)9-11-4-3-7-18-11/h5-6,8,11H,3-4,7,9H2,1-2H3. The van der Waals surface area contributed by atoms with Crippen molar-refractivity contribution in [3.63, 3.8) is 0 Å². The van der Waals surface area contributed by atoms with Gasteiger partial charge in [0.05, 0.1) is 11.0 Å². The van der Waals surface area contributed by atoms with Crippen molar-refractivity contribution in [2.45, 2.75) is 30.8 Å². The molecule has 1 aromatic carbocycles. The summed E-state index contributed by atoms with van der Waals surface area (Å²) >= 11 is 3.38. The third-order valence-electron chi connectivity index (χ3n) is 3.32. The maximum atomic E-state index is 12.4. The number of sulfonamides is 1. The smallest absolute Gasteiger partial charge is 0.242 e. The van der Waals surface area contributed by atoms with E-state index in [1.165, 1.54) is 4.31 Å². The molecule has 0 amide bonds. The minimum absolute atomic E-state index is 0.0244. The Labute approximate surface area is 122 Å². The average molecular weight is 348 g/mol. The van der Waals surface area contributed by atoms with Gasteiger partial charge < -0.3 is 4.74 Å². The van der Waals surface area contributed by atoms with Crippen molar-refractivity contribution in [2.75, 3.05) is 20.2 Å². The van der Waals surface area contributed by atoms with E-state index in [0.717, 1.165) is 29.5 Å². The van der Waals surface area contributed by atoms with Crippen LogP contribution in [0.15, 0.2) is 27.6 Å². The molecule has 1 fully saturated rings. The van der Waals surface area contributed by atoms with Gasteiger partial charge in [-0.3, -0.25) is 0 Å². The van der Waals surface area contributed by atoms with E-state index in [-0.39, 0.29) is 6.10 Å². The quantitative estimate of drug-likeness (QED) is 0.840. The zero-order valence-electron chi connectivity index (χ0n) is 11.1. The Morgan fingerprint density at radius 1 is 1.47 bits per heavy atom. The Morgan fingerprint density at radius 2 is 2.21 bits per heavy atom. The Kier molecular flexibility index (Phi) is 4.66. The Hall–Kier alpha value is -0.430. The number of ether oxygens (including phenoxy) is 1. The highest BCUT2D eigenvalue weighted by atomic mass is 79.9. The molecule has 1 atom stereocenters. The van der Waals surface area contributed by atoms with Crippen molar-refractivity contribution in [2.24, 2.45) is 0 Å². The van der Waals surface area contributed by atoms with E-state index in [2.05, 4.69) is 15.9 Å². The van der Waals surface area contributed by atoms with Gasteiger partial charge >= 0.3 is 0 Å². The highest BCUT2D eigenvalue weighted by Crippen LogP contribution is 2.23. The van der Waals surface area contributed by atoms with Crippen LogP contribution in [0.5, 0.6) is 0 Å². The predicted molar refractivity (Wildman–Crippen MR) is 77.7 cm³/mol. The Bertz CT molecular complexity index is 553. The summed E-state index contributed by atoms with van der Waals surface area (Å²) in [7, 11) is -1.83. The van der Waals surface area contributed by atoms with E-state index in [0.29, 0.717) is 11.4 Å². The summed E-state index contributed by atoms with van der Waals surface area (Å²) in [5.74, 6) is 0. The maximum absolute atomic E-state index is 12.4. The molecule has 2 rings (SSSR count). The number of hydrogen-bond donors (Lipinski definition) is 0. The molecule has 106 valence electrons. The van der Waals surface area contributed by atoms with Crippen LogP contribution in [0.3, 0.4) is 0 Å². The van der Waals surface area contributed by atoms with Crippen molar-refractivity contribution in [1.29, 1.82) is 0 Å². The highest BCUT2D eigenvalue weighted by Gasteiger charge is 2.26. The molecule has 4 nitrogen and oxygen atoms in total. The molecule has 1 aromatic rings. The SMILES string of the molecule is Cc1cc(S(=O)(=O)N(C)CC2CCCO2)ccc1Br. The molecule has 0 saturated carbocycles. The van der Waals surface area contributed by atoms with Crippen LogP contribution in [0.25, 0.3) is 0 Å². The van der Waals surface area contributed by atoms with Gasteiger partial charge in [0.2, 0.25) is 10.0 Å². The van der Waals surface area contributed by atoms with Crippen LogP contribution in [0.4, 0.5) is 0 Å². The Balaban J connectivity index is 2.18. The van der Waals surface area contributed by atoms with E-state index in [1.807, 2.05) is 6.92 Å². The van der Waals surface area contributed by atoms with Gasteiger partial charge in [-0.05, 0) is 43.5 Å². The second-order valence-electron chi connectivity index (χ2n) is 4.83. The molecule has 1 heterocycles. The van der Waals surface area contributed by atoms with Crippen LogP contribution in [-0.2, 0) is 14.8 Å². The topological polar surface area (TPSA) is 46.6 Å². The highest BCUT2D eigenvalue weighted by molar-refractivity contribution is 9.10. The molecule has 1 aliphatic heterocycles. The van der Waals surface area contributed by atoms with Gasteiger partial charge in [0.25, 0.3) is 0 Å². The van der Waals surface area contributed by atoms with Crippen molar-refractivity contribution in [1.82, 2.24) is 4.31 Å². The van der Waals surface area contributed by atoms with Crippen LogP contribution in [0.2, 0.25) is 0 Å². The molecule has 0 N–H and O–H groups in total. The van der Waals surface area contributed by atoms with E-state index in [9.17, 15) is 8.42 Å². The van der Waals surface area contributed by atoms with Crippen LogP contribution >= 0.6 is 15.9 Å². The summed E-state index contributed by atoms with van der Waals surface area (Å²) in [6.45, 7) is 3.02. The number of aryl methyl sites for hydroxylation is 1. The van der Waals surface area contributed by atoms with Crippen molar-refractivity contribution < 1.29 is 13.2 Å². The lowest BCUT2D eigenvalue weighted by Gasteiger charge is -2.20. The molecule has 1 aliphatic rings. The van der Waals surface area contributed by atoms with Crippen molar-refractivity contribution in [3.05, 3.63) is 28.2 Å². The normalized spacial score (nSPS) is 20.1. The molecule has 1 unspecified atom stereocenters. The average Bonchev–Trinajstić information content (AvgIpc) is 2.85. The van der Waals surface area contributed by atoms with Crippen LogP contribution in [0, 0.1) is 6.92 Å². The second kappa shape index (κ2) is 5.91. The van der Waals surface area contributed by atoms with E-state index in [4.69, 9.17) is 4.74 Å². The third kappa shape index (κ3) is 3.37. The molecule has 6 heteroatoms. The molecule has 0 bridgehead atoms. The summed E-state index contributed by atoms with van der Waals surface area (Å²) in [6.07, 6.45) is 1.96. The Morgan fingerprint density at radius 3 is 2.79 bits per heavy atom. The molecule has 0 aromatic heterocycles. The lowest BCUT2D eigenvalue weighted by Crippen LogP contribution is -2.34. The molecule has 0 spiro atoms. The summed E-state index contributed by atoms with van der Waals surface area (Å²) in [4.78, 5) is 0.327. The largest absolute Gasteiger partial charge is 0.377 e. The number of nitrogens with zero attached hydrogens (tertiary/aromatic N) is 1. The van der Waals surface area contributed by atoms with Crippen molar-refractivity contribution >= 4 is 26.0 Å². The fourth-order valence-electron chi connectivity index (χ4n) is 2.13. The number of likely N-dealkylation sites (N-methyl/N-ethyl adjacent to an activating group) is 1. The van der Waals surface area contributed by atoms with Gasteiger partial charge in [-0.1, -0.05) is 15.9 Å². The van der Waals surface area contributed by atoms with Crippen LogP contribution < -0.4 is 0 Å². The van der Waals surface area contributed by atoms with Gasteiger partial charge in [-0.15, -0.1) is 0 Å².